The Bertz CT molecular complexity index is 1600. The zero-order valence-electron chi connectivity index (χ0n) is 33.7. The summed E-state index contributed by atoms with van der Waals surface area (Å²) < 4.78 is 41.8. The summed E-state index contributed by atoms with van der Waals surface area (Å²) in [6, 6.07) is -0.466. The Balaban J connectivity index is 1.52. The lowest BCUT2D eigenvalue weighted by Crippen LogP contribution is -2.70. The van der Waals surface area contributed by atoms with Crippen molar-refractivity contribution in [2.24, 2.45) is 68.3 Å². The quantitative estimate of drug-likeness (QED) is 0.203. The summed E-state index contributed by atoms with van der Waals surface area (Å²) >= 11 is 0. The monoisotopic (exact) mass is 745 g/mol. The first-order chi connectivity index (χ1) is 24.6. The van der Waals surface area contributed by atoms with Gasteiger partial charge in [-0.05, 0) is 96.7 Å². The molecule has 4 N–H and O–H groups in total. The number of allylic oxidation sites excluding steroid dienone is 1. The van der Waals surface area contributed by atoms with Gasteiger partial charge in [-0.15, -0.1) is 0 Å². The van der Waals surface area contributed by atoms with Crippen molar-refractivity contribution in [1.29, 1.82) is 0 Å². The number of nitrogens with one attached hydrogen (secondary N) is 1. The van der Waals surface area contributed by atoms with E-state index in [1.165, 1.54) is 11.9 Å². The van der Waals surface area contributed by atoms with E-state index in [1.807, 2.05) is 6.92 Å². The maximum Gasteiger partial charge on any atom is 0.307 e. The number of hydrogen-bond donors (Lipinski definition) is 3. The molecule has 4 aliphatic carbocycles. The number of ether oxygens (including phenoxy) is 2. The molecular weight excluding hydrogens is 680 g/mol. The smallest absolute Gasteiger partial charge is 0.307 e. The number of alkyl halides is 2. The second-order valence-corrected chi connectivity index (χ2v) is 19.7. The molecule has 3 saturated carbocycles. The van der Waals surface area contributed by atoms with E-state index in [0.717, 1.165) is 25.7 Å². The molecule has 1 aromatic rings. The van der Waals surface area contributed by atoms with Gasteiger partial charge < -0.3 is 25.6 Å². The van der Waals surface area contributed by atoms with Crippen LogP contribution >= 0.6 is 0 Å². The predicted octanol–water partition coefficient (Wildman–Crippen LogP) is 7.16. The van der Waals surface area contributed by atoms with Crippen LogP contribution in [0.1, 0.15) is 124 Å². The predicted molar refractivity (Wildman–Crippen MR) is 198 cm³/mol. The topological polar surface area (TPSA) is 142 Å². The lowest BCUT2D eigenvalue weighted by Gasteiger charge is -2.71. The van der Waals surface area contributed by atoms with Gasteiger partial charge in [0.1, 0.15) is 6.33 Å². The first kappa shape index (κ1) is 40.2. The molecule has 2 heterocycles. The highest BCUT2D eigenvalue weighted by Crippen LogP contribution is 2.75. The van der Waals surface area contributed by atoms with Gasteiger partial charge in [-0.3, -0.25) is 9.59 Å². The molecular formula is C41H65F2N5O5. The molecule has 53 heavy (non-hydrogen) atoms. The van der Waals surface area contributed by atoms with Crippen molar-refractivity contribution in [2.75, 3.05) is 26.4 Å². The molecule has 12 atom stereocenters. The molecule has 1 aliphatic heterocycles. The minimum atomic E-state index is -2.70. The van der Waals surface area contributed by atoms with Crippen LogP contribution in [0.2, 0.25) is 0 Å². The van der Waals surface area contributed by atoms with Gasteiger partial charge in [0.2, 0.25) is 5.82 Å². The van der Waals surface area contributed by atoms with Gasteiger partial charge in [-0.1, -0.05) is 74.0 Å². The summed E-state index contributed by atoms with van der Waals surface area (Å²) in [5.41, 5.74) is 5.40. The Hall–Kier alpha value is -2.44. The molecule has 2 bridgehead atoms. The van der Waals surface area contributed by atoms with E-state index in [1.54, 1.807) is 4.68 Å². The standard InChI is InChI=1S/C41H65F2N5O5/c1-23(2)25(5)37(7)15-16-38(8)26-11-12-29-36(6)17-28(48-33(46-22-47-48)34(49)45-18-30(42)43)32(53-20-40(10,44)24(3)4)41(29,21-52-19-36)27(26)13-14-39(38,9)31(37)35(50)51/h13,22-26,28-32H,11-12,14-21,44H2,1-10H3,(H,45,49)(H,50,51)/t25-,26+,28-,29-,31-,32+,36-,37-,38-,39+,40+,41+/m1/s1. The molecule has 298 valence electrons. The normalized spacial score (nSPS) is 41.2. The van der Waals surface area contributed by atoms with Gasteiger partial charge in [0.25, 0.3) is 12.3 Å². The number of halogens is 2. The molecule has 12 heteroatoms. The maximum absolute atomic E-state index is 13.6. The molecule has 0 spiro atoms. The second kappa shape index (κ2) is 13.6. The van der Waals surface area contributed by atoms with Crippen LogP contribution in [-0.2, 0) is 14.3 Å². The summed E-state index contributed by atoms with van der Waals surface area (Å²) in [7, 11) is 0. The van der Waals surface area contributed by atoms with Crippen LogP contribution in [0.25, 0.3) is 0 Å². The summed E-state index contributed by atoms with van der Waals surface area (Å²) in [6.07, 6.45) is 5.30. The van der Waals surface area contributed by atoms with Gasteiger partial charge in [-0.2, -0.15) is 5.10 Å². The second-order valence-electron chi connectivity index (χ2n) is 19.7. The molecule has 4 fully saturated rings. The van der Waals surface area contributed by atoms with Crippen LogP contribution in [0.15, 0.2) is 18.0 Å². The third kappa shape index (κ3) is 6.01. The Kier molecular flexibility index (Phi) is 10.4. The van der Waals surface area contributed by atoms with E-state index in [2.05, 4.69) is 83.8 Å². The minimum absolute atomic E-state index is 0.0271. The van der Waals surface area contributed by atoms with Crippen molar-refractivity contribution < 1.29 is 33.0 Å². The number of aromatic nitrogens is 3. The fourth-order valence-corrected chi connectivity index (χ4v) is 12.4. The van der Waals surface area contributed by atoms with Gasteiger partial charge in [-0.25, -0.2) is 18.4 Å². The summed E-state index contributed by atoms with van der Waals surface area (Å²) in [6.45, 7) is 22.3. The highest BCUT2D eigenvalue weighted by Gasteiger charge is 2.73. The van der Waals surface area contributed by atoms with Crippen molar-refractivity contribution >= 4 is 11.9 Å². The van der Waals surface area contributed by atoms with Crippen molar-refractivity contribution in [3.05, 3.63) is 23.8 Å². The Morgan fingerprint density at radius 3 is 2.43 bits per heavy atom. The molecule has 1 aromatic heterocycles. The molecule has 0 aromatic carbocycles. The fourth-order valence-electron chi connectivity index (χ4n) is 12.4. The average molecular weight is 746 g/mol. The number of aliphatic carboxylic acids is 1. The zero-order valence-corrected chi connectivity index (χ0v) is 33.7. The van der Waals surface area contributed by atoms with Crippen LogP contribution in [0.3, 0.4) is 0 Å². The molecule has 1 saturated heterocycles. The Morgan fingerprint density at radius 2 is 1.81 bits per heavy atom. The van der Waals surface area contributed by atoms with Crippen LogP contribution < -0.4 is 11.1 Å². The van der Waals surface area contributed by atoms with Gasteiger partial charge in [0.15, 0.2) is 0 Å². The van der Waals surface area contributed by atoms with Crippen LogP contribution in [0.4, 0.5) is 8.78 Å². The number of hydrogen-bond acceptors (Lipinski definition) is 7. The van der Waals surface area contributed by atoms with Crippen molar-refractivity contribution in [3.8, 4) is 0 Å². The van der Waals surface area contributed by atoms with Crippen molar-refractivity contribution in [2.45, 2.75) is 132 Å². The number of nitrogens with zero attached hydrogens (tertiary/aromatic N) is 3. The first-order valence-corrected chi connectivity index (χ1v) is 20.0. The lowest BCUT2D eigenvalue weighted by molar-refractivity contribution is -0.254. The lowest BCUT2D eigenvalue weighted by atomic mass is 9.34. The first-order valence-electron chi connectivity index (χ1n) is 20.0. The van der Waals surface area contributed by atoms with Gasteiger partial charge >= 0.3 is 5.97 Å². The average Bonchev–Trinajstić information content (AvgIpc) is 3.56. The number of carbonyl (C=O) groups excluding carboxylic acids is 1. The molecule has 0 radical (unpaired) electrons. The van der Waals surface area contributed by atoms with E-state index >= 15 is 0 Å². The van der Waals surface area contributed by atoms with Crippen LogP contribution in [-0.4, -0.2) is 76.2 Å². The van der Waals surface area contributed by atoms with Crippen molar-refractivity contribution in [3.63, 3.8) is 0 Å². The number of carboxylic acids is 1. The largest absolute Gasteiger partial charge is 0.481 e. The number of carboxylic acid groups (broad SMARTS) is 1. The zero-order chi connectivity index (χ0) is 39.1. The molecule has 1 amide bonds. The van der Waals surface area contributed by atoms with Gasteiger partial charge in [0.05, 0.1) is 44.4 Å². The third-order valence-corrected chi connectivity index (χ3v) is 16.4. The summed E-state index contributed by atoms with van der Waals surface area (Å²) in [4.78, 5) is 31.2. The molecule has 5 aliphatic rings. The fraction of sp³-hybridized carbons (Fsp3) is 0.854. The van der Waals surface area contributed by atoms with E-state index < -0.39 is 59.3 Å². The number of nitrogens with two attached hydrogens (primary N) is 1. The number of carbonyl (C=O) groups is 2. The van der Waals surface area contributed by atoms with Crippen molar-refractivity contribution in [1.82, 2.24) is 20.1 Å². The summed E-state index contributed by atoms with van der Waals surface area (Å²) in [5.74, 6) is -0.988. The molecule has 6 rings (SSSR count). The van der Waals surface area contributed by atoms with E-state index in [9.17, 15) is 23.5 Å². The number of rotatable bonds is 11. The summed E-state index contributed by atoms with van der Waals surface area (Å²) in [5, 5.41) is 18.1. The molecule has 0 unspecified atom stereocenters. The third-order valence-electron chi connectivity index (χ3n) is 16.4. The Morgan fingerprint density at radius 1 is 1.11 bits per heavy atom. The Labute approximate surface area is 314 Å². The van der Waals surface area contributed by atoms with Crippen LogP contribution in [0.5, 0.6) is 0 Å². The van der Waals surface area contributed by atoms with Gasteiger partial charge in [0, 0.05) is 11.0 Å². The highest BCUT2D eigenvalue weighted by atomic mass is 19.3. The van der Waals surface area contributed by atoms with E-state index in [4.69, 9.17) is 15.2 Å². The number of fused-ring (bicyclic) bond motifs is 3. The minimum Gasteiger partial charge on any atom is -0.481 e. The highest BCUT2D eigenvalue weighted by molar-refractivity contribution is 5.90. The number of amides is 1. The molecule has 10 nitrogen and oxygen atoms in total. The van der Waals surface area contributed by atoms with Crippen LogP contribution in [0, 0.1) is 62.6 Å². The van der Waals surface area contributed by atoms with E-state index in [-0.39, 0.29) is 52.3 Å². The SMILES string of the molecule is CC(C)[C@@H](C)[C@@]1(C)CC[C@]2(C)[C@H]3CC[C@@H]4[C@@]5(C)COC[C@@]4(C3=CC[C@@]2(C)[C@@H]1C(=O)O)[C@@H](OC[C@](C)(N)C(C)C)[C@H](n1ncnc1C(=O)NCC(F)F)C5. The maximum atomic E-state index is 13.6. The van der Waals surface area contributed by atoms with E-state index in [0.29, 0.717) is 32.0 Å².